The van der Waals surface area contributed by atoms with Crippen molar-refractivity contribution >= 4 is 39.8 Å². The van der Waals surface area contributed by atoms with Gasteiger partial charge in [0.2, 0.25) is 0 Å². The second kappa shape index (κ2) is 7.83. The fourth-order valence-corrected chi connectivity index (χ4v) is 3.53. The molecule has 0 aliphatic rings. The van der Waals surface area contributed by atoms with Gasteiger partial charge in [-0.3, -0.25) is 4.79 Å². The summed E-state index contributed by atoms with van der Waals surface area (Å²) in [6.07, 6.45) is 1.18. The van der Waals surface area contributed by atoms with E-state index in [1.165, 1.54) is 12.3 Å². The van der Waals surface area contributed by atoms with E-state index in [1.54, 1.807) is 55.1 Å². The Morgan fingerprint density at radius 2 is 1.90 bits per heavy atom. The topological polar surface area (TPSA) is 116 Å². The summed E-state index contributed by atoms with van der Waals surface area (Å²) in [7, 11) is 3.33. The highest BCUT2D eigenvalue weighted by atomic mass is 16.5. The van der Waals surface area contributed by atoms with Crippen molar-refractivity contribution in [2.24, 2.45) is 12.1 Å². The van der Waals surface area contributed by atoms with Crippen LogP contribution in [-0.4, -0.2) is 34.9 Å². The lowest BCUT2D eigenvalue weighted by atomic mass is 10.00. The van der Waals surface area contributed by atoms with Gasteiger partial charge >= 0.3 is 5.97 Å². The summed E-state index contributed by atoms with van der Waals surface area (Å²) >= 11 is 0. The van der Waals surface area contributed by atoms with Gasteiger partial charge in [-0.25, -0.2) is 10.2 Å². The number of carbonyl (C=O) groups is 2. The number of aryl methyl sites for hydroxylation is 1. The number of hydrogen-bond acceptors (Lipinski definition) is 5. The molecule has 0 aliphatic heterocycles. The molecule has 0 spiro atoms. The number of nitrogens with one attached hydrogen (secondary N) is 1. The number of aromatic nitrogens is 1. The Morgan fingerprint density at radius 3 is 2.65 bits per heavy atom. The number of aromatic carboxylic acids is 1. The molecule has 1 aromatic heterocycles. The van der Waals surface area contributed by atoms with Crippen LogP contribution in [0.5, 0.6) is 11.5 Å². The summed E-state index contributed by atoms with van der Waals surface area (Å²) in [4.78, 5) is 24.1. The van der Waals surface area contributed by atoms with Crippen molar-refractivity contribution in [3.8, 4) is 11.5 Å². The molecule has 0 radical (unpaired) electrons. The van der Waals surface area contributed by atoms with E-state index in [9.17, 15) is 19.8 Å². The molecule has 0 saturated heterocycles. The van der Waals surface area contributed by atoms with Crippen LogP contribution >= 0.6 is 0 Å². The molecule has 0 atom stereocenters. The van der Waals surface area contributed by atoms with Crippen molar-refractivity contribution < 1.29 is 24.5 Å². The minimum atomic E-state index is -1.32. The summed E-state index contributed by atoms with van der Waals surface area (Å²) in [5.41, 5.74) is 3.36. The highest BCUT2D eigenvalue weighted by molar-refractivity contribution is 6.08. The standard InChI is InChI=1S/C23H19N3O5/c1-26-19-8-7-15(31-2)9-14(19)11-20(26)22(28)25-24-12-18-16-6-4-3-5-13(16)10-17(21(18)27)23(29)30/h3-12,27H,1-2H3,(H,25,28)(H,29,30)/p-1/b24-12+. The zero-order valence-corrected chi connectivity index (χ0v) is 16.7. The zero-order chi connectivity index (χ0) is 22.1. The van der Waals surface area contributed by atoms with E-state index in [1.807, 2.05) is 12.1 Å². The first-order valence-corrected chi connectivity index (χ1v) is 9.33. The van der Waals surface area contributed by atoms with Gasteiger partial charge in [-0.2, -0.15) is 5.10 Å². The first-order chi connectivity index (χ1) is 14.9. The van der Waals surface area contributed by atoms with Crippen LogP contribution in [0.25, 0.3) is 21.7 Å². The van der Waals surface area contributed by atoms with Gasteiger partial charge in [-0.15, -0.1) is 0 Å². The number of hydrogen-bond donors (Lipinski definition) is 2. The molecule has 3 aromatic carbocycles. The molecule has 0 aliphatic carbocycles. The van der Waals surface area contributed by atoms with Crippen LogP contribution in [0.3, 0.4) is 0 Å². The maximum absolute atomic E-state index is 12.7. The van der Waals surface area contributed by atoms with Crippen LogP contribution in [0.15, 0.2) is 59.7 Å². The lowest BCUT2D eigenvalue weighted by Gasteiger charge is -2.16. The van der Waals surface area contributed by atoms with Gasteiger partial charge in [0.15, 0.2) is 0 Å². The van der Waals surface area contributed by atoms with Gasteiger partial charge in [-0.05, 0) is 46.7 Å². The Hall–Kier alpha value is -4.33. The fourth-order valence-electron chi connectivity index (χ4n) is 3.53. The highest BCUT2D eigenvalue weighted by Crippen LogP contribution is 2.28. The maximum Gasteiger partial charge on any atom is 0.335 e. The van der Waals surface area contributed by atoms with E-state index in [-0.39, 0.29) is 11.1 Å². The number of carbonyl (C=O) groups excluding carboxylic acids is 1. The number of carboxylic acid groups (broad SMARTS) is 1. The maximum atomic E-state index is 12.7. The van der Waals surface area contributed by atoms with Crippen LogP contribution in [0, 0.1) is 0 Å². The largest absolute Gasteiger partial charge is 0.871 e. The number of carboxylic acids is 1. The minimum absolute atomic E-state index is 0.0950. The van der Waals surface area contributed by atoms with E-state index in [2.05, 4.69) is 10.5 Å². The molecule has 4 aromatic rings. The van der Waals surface area contributed by atoms with Crippen molar-refractivity contribution in [3.63, 3.8) is 0 Å². The van der Waals surface area contributed by atoms with Gasteiger partial charge in [-0.1, -0.05) is 30.0 Å². The van der Waals surface area contributed by atoms with Crippen LogP contribution in [0.1, 0.15) is 26.4 Å². The lowest BCUT2D eigenvalue weighted by Crippen LogP contribution is -2.20. The molecular weight excluding hydrogens is 398 g/mol. The second-order valence-electron chi connectivity index (χ2n) is 6.91. The van der Waals surface area contributed by atoms with Crippen molar-refractivity contribution in [1.82, 2.24) is 9.99 Å². The molecular formula is C23H18N3O5-. The molecule has 8 nitrogen and oxygen atoms in total. The predicted octanol–water partition coefficient (Wildman–Crippen LogP) is 2.88. The van der Waals surface area contributed by atoms with Crippen LogP contribution < -0.4 is 15.3 Å². The smallest absolute Gasteiger partial charge is 0.335 e. The molecule has 0 saturated carbocycles. The van der Waals surface area contributed by atoms with Gasteiger partial charge in [0, 0.05) is 18.0 Å². The third-order valence-corrected chi connectivity index (χ3v) is 5.11. The van der Waals surface area contributed by atoms with E-state index >= 15 is 0 Å². The first-order valence-electron chi connectivity index (χ1n) is 9.33. The number of hydrazone groups is 1. The number of methoxy groups -OCH3 is 1. The van der Waals surface area contributed by atoms with Gasteiger partial charge in [0.05, 0.1) is 18.9 Å². The molecule has 4 rings (SSSR count). The predicted molar refractivity (Wildman–Crippen MR) is 115 cm³/mol. The molecule has 1 heterocycles. The summed E-state index contributed by atoms with van der Waals surface area (Å²) in [6.45, 7) is 0. The molecule has 1 amide bonds. The second-order valence-corrected chi connectivity index (χ2v) is 6.91. The zero-order valence-electron chi connectivity index (χ0n) is 16.7. The van der Waals surface area contributed by atoms with Crippen LogP contribution in [0.4, 0.5) is 0 Å². The minimum Gasteiger partial charge on any atom is -0.871 e. The van der Waals surface area contributed by atoms with E-state index < -0.39 is 17.6 Å². The summed E-state index contributed by atoms with van der Waals surface area (Å²) in [5.74, 6) is -1.78. The van der Waals surface area contributed by atoms with E-state index in [4.69, 9.17) is 4.74 Å². The number of nitrogens with zero attached hydrogens (tertiary/aromatic N) is 2. The average molecular weight is 416 g/mol. The first kappa shape index (κ1) is 20.0. The van der Waals surface area contributed by atoms with Gasteiger partial charge in [0.25, 0.3) is 5.91 Å². The number of rotatable bonds is 5. The molecule has 0 fully saturated rings. The average Bonchev–Trinajstić information content (AvgIpc) is 3.10. The third kappa shape index (κ3) is 3.55. The van der Waals surface area contributed by atoms with Crippen LogP contribution in [0.2, 0.25) is 0 Å². The summed E-state index contributed by atoms with van der Waals surface area (Å²) in [5, 5.41) is 27.8. The number of fused-ring (bicyclic) bond motifs is 2. The number of ether oxygens (including phenoxy) is 1. The number of amides is 1. The normalized spacial score (nSPS) is 11.3. The monoisotopic (exact) mass is 416 g/mol. The summed E-state index contributed by atoms with van der Waals surface area (Å²) in [6, 6.07) is 15.4. The lowest BCUT2D eigenvalue weighted by molar-refractivity contribution is -0.268. The molecule has 0 unspecified atom stereocenters. The number of benzene rings is 3. The summed E-state index contributed by atoms with van der Waals surface area (Å²) < 4.78 is 6.94. The van der Waals surface area contributed by atoms with Crippen LogP contribution in [-0.2, 0) is 7.05 Å². The molecule has 31 heavy (non-hydrogen) atoms. The fraction of sp³-hybridized carbons (Fsp3) is 0.0870. The van der Waals surface area contributed by atoms with Crippen molar-refractivity contribution in [2.45, 2.75) is 0 Å². The molecule has 2 N–H and O–H groups in total. The Kier molecular flexibility index (Phi) is 5.04. The SMILES string of the molecule is COc1ccc2c(c1)cc(C(=O)N/N=C/c1c([O-])c(C(=O)O)cc3ccccc13)n2C. The van der Waals surface area contributed by atoms with Crippen molar-refractivity contribution in [1.29, 1.82) is 0 Å². The molecule has 0 bridgehead atoms. The van der Waals surface area contributed by atoms with Crippen molar-refractivity contribution in [2.75, 3.05) is 7.11 Å². The van der Waals surface area contributed by atoms with E-state index in [0.29, 0.717) is 22.2 Å². The Morgan fingerprint density at radius 1 is 1.13 bits per heavy atom. The van der Waals surface area contributed by atoms with Crippen molar-refractivity contribution in [3.05, 3.63) is 71.4 Å². The molecule has 8 heteroatoms. The van der Waals surface area contributed by atoms with E-state index in [0.717, 1.165) is 10.9 Å². The van der Waals surface area contributed by atoms with Gasteiger partial charge < -0.3 is 19.5 Å². The Balaban J connectivity index is 1.66. The third-order valence-electron chi connectivity index (χ3n) is 5.11. The molecule has 156 valence electrons. The highest BCUT2D eigenvalue weighted by Gasteiger charge is 2.14. The Labute approximate surface area is 177 Å². The quantitative estimate of drug-likeness (QED) is 0.383. The van der Waals surface area contributed by atoms with Gasteiger partial charge in [0.1, 0.15) is 11.4 Å². The Bertz CT molecular complexity index is 1370.